The van der Waals surface area contributed by atoms with Crippen LogP contribution in [0.3, 0.4) is 0 Å². The molecule has 3 aromatic heterocycles. The fourth-order valence-electron chi connectivity index (χ4n) is 3.62. The van der Waals surface area contributed by atoms with Crippen molar-refractivity contribution in [1.29, 1.82) is 5.26 Å². The average molecular weight is 420 g/mol. The van der Waals surface area contributed by atoms with Gasteiger partial charge >= 0.3 is 0 Å². The highest BCUT2D eigenvalue weighted by atomic mass is 32.1. The fourth-order valence-corrected chi connectivity index (χ4v) is 4.61. The van der Waals surface area contributed by atoms with Crippen molar-refractivity contribution in [1.82, 2.24) is 19.4 Å². The normalized spacial score (nSPS) is 11.0. The molecule has 0 unspecified atom stereocenters. The van der Waals surface area contributed by atoms with Crippen molar-refractivity contribution in [3.8, 4) is 23.1 Å². The third-order valence-electron chi connectivity index (χ3n) is 5.06. The molecule has 0 aliphatic carbocycles. The molecule has 0 aliphatic heterocycles. The van der Waals surface area contributed by atoms with Crippen LogP contribution in [0.25, 0.3) is 27.2 Å². The molecule has 8 heteroatoms. The maximum Gasteiger partial charge on any atom is 0.274 e. The standard InChI is InChI=1S/C22H21N5O2S/c1-15-10-16(26-8-6-24-14-26)4-5-17(15)18-11-20-19(27(18)7-2-3-9-28)12-21(30-20)22(29)25-13-23/h4-6,8,10-12,14,28H,2-3,7,9H2,1H3,(H,25,29). The van der Waals surface area contributed by atoms with Crippen LogP contribution in [0.4, 0.5) is 0 Å². The summed E-state index contributed by atoms with van der Waals surface area (Å²) in [6.45, 7) is 2.97. The number of fused-ring (bicyclic) bond motifs is 1. The number of nitriles is 1. The van der Waals surface area contributed by atoms with Crippen LogP contribution in [-0.2, 0) is 6.54 Å². The lowest BCUT2D eigenvalue weighted by Gasteiger charge is -2.14. The van der Waals surface area contributed by atoms with Crippen molar-refractivity contribution in [2.75, 3.05) is 6.61 Å². The van der Waals surface area contributed by atoms with Crippen LogP contribution in [0.5, 0.6) is 0 Å². The van der Waals surface area contributed by atoms with E-state index < -0.39 is 0 Å². The van der Waals surface area contributed by atoms with Gasteiger partial charge in [-0.15, -0.1) is 11.3 Å². The molecule has 0 bridgehead atoms. The van der Waals surface area contributed by atoms with Crippen LogP contribution in [0, 0.1) is 18.4 Å². The molecule has 0 radical (unpaired) electrons. The number of unbranched alkanes of at least 4 members (excludes halogenated alkanes) is 1. The Morgan fingerprint density at radius 1 is 1.30 bits per heavy atom. The topological polar surface area (TPSA) is 95.9 Å². The number of imidazole rings is 1. The van der Waals surface area contributed by atoms with E-state index in [1.807, 2.05) is 16.8 Å². The number of benzene rings is 1. The van der Waals surface area contributed by atoms with E-state index in [9.17, 15) is 9.90 Å². The third kappa shape index (κ3) is 3.73. The van der Waals surface area contributed by atoms with Crippen LogP contribution in [0.2, 0.25) is 0 Å². The molecule has 1 aromatic carbocycles. The second-order valence-corrected chi connectivity index (χ2v) is 8.09. The number of hydrogen-bond acceptors (Lipinski definition) is 5. The Bertz CT molecular complexity index is 1230. The summed E-state index contributed by atoms with van der Waals surface area (Å²) in [7, 11) is 0. The van der Waals surface area contributed by atoms with E-state index >= 15 is 0 Å². The van der Waals surface area contributed by atoms with Gasteiger partial charge < -0.3 is 14.2 Å². The summed E-state index contributed by atoms with van der Waals surface area (Å²) in [5, 5.41) is 20.1. The Hall–Kier alpha value is -3.41. The zero-order valence-corrected chi connectivity index (χ0v) is 17.3. The van der Waals surface area contributed by atoms with Crippen LogP contribution in [-0.4, -0.2) is 31.7 Å². The molecule has 4 aromatic rings. The van der Waals surface area contributed by atoms with Gasteiger partial charge in [0.25, 0.3) is 5.91 Å². The Labute approximate surface area is 177 Å². The number of rotatable bonds is 7. The predicted molar refractivity (Wildman–Crippen MR) is 117 cm³/mol. The number of carbonyl (C=O) groups excluding carboxylic acids is 1. The number of carbonyl (C=O) groups is 1. The minimum atomic E-state index is -0.386. The van der Waals surface area contributed by atoms with Gasteiger partial charge in [0, 0.05) is 36.8 Å². The maximum absolute atomic E-state index is 12.1. The Balaban J connectivity index is 1.77. The Morgan fingerprint density at radius 2 is 2.17 bits per heavy atom. The molecule has 3 heterocycles. The van der Waals surface area contributed by atoms with E-state index in [2.05, 4.69) is 46.1 Å². The second-order valence-electron chi connectivity index (χ2n) is 7.01. The lowest BCUT2D eigenvalue weighted by atomic mass is 10.0. The zero-order valence-electron chi connectivity index (χ0n) is 16.5. The van der Waals surface area contributed by atoms with Crippen molar-refractivity contribution >= 4 is 27.5 Å². The minimum Gasteiger partial charge on any atom is -0.396 e. The SMILES string of the molecule is Cc1cc(-n2ccnc2)ccc1-c1cc2sc(C(=O)NC#N)cc2n1CCCCO. The molecular weight excluding hydrogens is 398 g/mol. The van der Waals surface area contributed by atoms with Gasteiger partial charge in [-0.1, -0.05) is 6.07 Å². The predicted octanol–water partition coefficient (Wildman–Crippen LogP) is 3.85. The van der Waals surface area contributed by atoms with Gasteiger partial charge in [0.05, 0.1) is 27.1 Å². The van der Waals surface area contributed by atoms with Gasteiger partial charge in [0.1, 0.15) is 0 Å². The van der Waals surface area contributed by atoms with E-state index in [1.54, 1.807) is 18.7 Å². The van der Waals surface area contributed by atoms with Crippen molar-refractivity contribution in [2.24, 2.45) is 0 Å². The van der Waals surface area contributed by atoms with Crippen molar-refractivity contribution in [2.45, 2.75) is 26.3 Å². The van der Waals surface area contributed by atoms with E-state index in [0.29, 0.717) is 11.3 Å². The Kier molecular flexibility index (Phi) is 5.65. The van der Waals surface area contributed by atoms with E-state index in [0.717, 1.165) is 45.7 Å². The number of nitrogens with one attached hydrogen (secondary N) is 1. The van der Waals surface area contributed by atoms with E-state index in [1.165, 1.54) is 11.3 Å². The fraction of sp³-hybridized carbons (Fsp3) is 0.227. The highest BCUT2D eigenvalue weighted by Crippen LogP contribution is 2.36. The quantitative estimate of drug-likeness (QED) is 0.270. The van der Waals surface area contributed by atoms with Crippen LogP contribution in [0.15, 0.2) is 49.1 Å². The first-order chi connectivity index (χ1) is 14.6. The van der Waals surface area contributed by atoms with Crippen molar-refractivity contribution in [3.05, 3.63) is 59.5 Å². The highest BCUT2D eigenvalue weighted by Gasteiger charge is 2.18. The molecule has 0 atom stereocenters. The summed E-state index contributed by atoms with van der Waals surface area (Å²) in [4.78, 5) is 16.7. The monoisotopic (exact) mass is 419 g/mol. The summed E-state index contributed by atoms with van der Waals surface area (Å²) in [6.07, 6.45) is 8.67. The van der Waals surface area contributed by atoms with Crippen molar-refractivity contribution in [3.63, 3.8) is 0 Å². The van der Waals surface area contributed by atoms with Crippen LogP contribution in [0.1, 0.15) is 28.1 Å². The number of thiophene rings is 1. The number of nitrogens with zero attached hydrogens (tertiary/aromatic N) is 4. The first kappa shape index (κ1) is 19.9. The molecule has 152 valence electrons. The average Bonchev–Trinajstić information content (AvgIpc) is 3.46. The molecule has 1 amide bonds. The summed E-state index contributed by atoms with van der Waals surface area (Å²) in [5.41, 5.74) is 5.35. The summed E-state index contributed by atoms with van der Waals surface area (Å²) >= 11 is 1.38. The molecule has 0 spiro atoms. The third-order valence-corrected chi connectivity index (χ3v) is 6.13. The van der Waals surface area contributed by atoms with Gasteiger partial charge in [-0.25, -0.2) is 4.98 Å². The smallest absolute Gasteiger partial charge is 0.274 e. The van der Waals surface area contributed by atoms with Gasteiger partial charge in [0.2, 0.25) is 0 Å². The second kappa shape index (κ2) is 8.53. The molecule has 0 saturated carbocycles. The van der Waals surface area contributed by atoms with Gasteiger partial charge in [-0.2, -0.15) is 5.26 Å². The van der Waals surface area contributed by atoms with Crippen LogP contribution >= 0.6 is 11.3 Å². The summed E-state index contributed by atoms with van der Waals surface area (Å²) in [6, 6.07) is 10.2. The van der Waals surface area contributed by atoms with E-state index in [-0.39, 0.29) is 12.5 Å². The molecule has 4 rings (SSSR count). The van der Waals surface area contributed by atoms with Crippen molar-refractivity contribution < 1.29 is 9.90 Å². The number of aryl methyl sites for hydroxylation is 2. The minimum absolute atomic E-state index is 0.151. The molecule has 30 heavy (non-hydrogen) atoms. The number of aliphatic hydroxyl groups is 1. The lowest BCUT2D eigenvalue weighted by molar-refractivity contribution is 0.0977. The Morgan fingerprint density at radius 3 is 2.87 bits per heavy atom. The molecule has 0 aliphatic rings. The van der Waals surface area contributed by atoms with Gasteiger partial charge in [-0.05, 0) is 49.6 Å². The largest absolute Gasteiger partial charge is 0.396 e. The summed E-state index contributed by atoms with van der Waals surface area (Å²) < 4.78 is 5.16. The summed E-state index contributed by atoms with van der Waals surface area (Å²) in [5.74, 6) is -0.386. The first-order valence-electron chi connectivity index (χ1n) is 9.65. The van der Waals surface area contributed by atoms with Crippen LogP contribution < -0.4 is 5.32 Å². The molecule has 0 saturated heterocycles. The number of hydrogen-bond donors (Lipinski definition) is 2. The molecule has 7 nitrogen and oxygen atoms in total. The molecular formula is C22H21N5O2S. The highest BCUT2D eigenvalue weighted by molar-refractivity contribution is 7.20. The lowest BCUT2D eigenvalue weighted by Crippen LogP contribution is -2.15. The van der Waals surface area contributed by atoms with Gasteiger partial charge in [-0.3, -0.25) is 10.1 Å². The molecule has 2 N–H and O–H groups in total. The van der Waals surface area contributed by atoms with E-state index in [4.69, 9.17) is 5.26 Å². The van der Waals surface area contributed by atoms with Gasteiger partial charge in [0.15, 0.2) is 6.19 Å². The number of amides is 1. The first-order valence-corrected chi connectivity index (χ1v) is 10.5. The number of aliphatic hydroxyl groups excluding tert-OH is 1. The zero-order chi connectivity index (χ0) is 21.1. The maximum atomic E-state index is 12.1. The molecule has 0 fully saturated rings. The number of aromatic nitrogens is 3.